The average molecular weight is 390 g/mol. The predicted octanol–water partition coefficient (Wildman–Crippen LogP) is 0.896. The van der Waals surface area contributed by atoms with Crippen LogP contribution in [0.1, 0.15) is 6.42 Å². The Labute approximate surface area is 155 Å². The van der Waals surface area contributed by atoms with Gasteiger partial charge in [-0.1, -0.05) is 0 Å². The fraction of sp³-hybridized carbons (Fsp3) is 0.375. The predicted molar refractivity (Wildman–Crippen MR) is 99.1 cm³/mol. The van der Waals surface area contributed by atoms with E-state index in [1.54, 1.807) is 19.4 Å². The lowest BCUT2D eigenvalue weighted by Crippen LogP contribution is -2.35. The minimum absolute atomic E-state index is 0.180. The molecule has 0 radical (unpaired) electrons. The third kappa shape index (κ3) is 3.36. The second-order valence-electron chi connectivity index (χ2n) is 6.16. The largest absolute Gasteiger partial charge is 0.481 e. The summed E-state index contributed by atoms with van der Waals surface area (Å²) < 4.78 is 38.4. The number of methoxy groups -OCH3 is 1. The van der Waals surface area contributed by atoms with Crippen LogP contribution in [0.25, 0.3) is 21.9 Å². The molecule has 142 valence electrons. The first kappa shape index (κ1) is 17.8. The van der Waals surface area contributed by atoms with E-state index in [9.17, 15) is 13.0 Å². The van der Waals surface area contributed by atoms with Crippen molar-refractivity contribution in [3.63, 3.8) is 0 Å². The van der Waals surface area contributed by atoms with Gasteiger partial charge in [-0.05, 0) is 12.5 Å². The fourth-order valence-electron chi connectivity index (χ4n) is 3.28. The third-order valence-electron chi connectivity index (χ3n) is 4.57. The van der Waals surface area contributed by atoms with Crippen molar-refractivity contribution >= 4 is 38.1 Å². The summed E-state index contributed by atoms with van der Waals surface area (Å²) >= 11 is 0. The molecule has 0 aliphatic carbocycles. The molecule has 11 heteroatoms. The van der Waals surface area contributed by atoms with Gasteiger partial charge in [0.1, 0.15) is 12.1 Å². The number of fused-ring (bicyclic) bond motifs is 3. The van der Waals surface area contributed by atoms with E-state index >= 15 is 0 Å². The van der Waals surface area contributed by atoms with Crippen LogP contribution in [0.15, 0.2) is 24.7 Å². The Morgan fingerprint density at radius 1 is 1.11 bits per heavy atom. The van der Waals surface area contributed by atoms with Crippen molar-refractivity contribution < 1.29 is 17.7 Å². The summed E-state index contributed by atoms with van der Waals surface area (Å²) in [5, 5.41) is 1.60. The van der Waals surface area contributed by atoms with Crippen LogP contribution in [0, 0.1) is 0 Å². The van der Waals surface area contributed by atoms with Gasteiger partial charge in [-0.15, -0.1) is 0 Å². The topological polar surface area (TPSA) is 122 Å². The number of rotatable bonds is 3. The van der Waals surface area contributed by atoms with Gasteiger partial charge in [0.15, 0.2) is 5.65 Å². The Balaban J connectivity index is 1.80. The molecule has 0 spiro atoms. The van der Waals surface area contributed by atoms with Crippen LogP contribution in [0.5, 0.6) is 5.88 Å². The molecule has 0 aromatic carbocycles. The average Bonchev–Trinajstić information content (AvgIpc) is 2.93. The van der Waals surface area contributed by atoms with Crippen LogP contribution >= 0.6 is 0 Å². The molecule has 3 aromatic rings. The van der Waals surface area contributed by atoms with Crippen LogP contribution in [-0.4, -0.2) is 70.5 Å². The number of anilines is 1. The van der Waals surface area contributed by atoms with Gasteiger partial charge in [0, 0.05) is 37.6 Å². The molecule has 0 amide bonds. The zero-order chi connectivity index (χ0) is 19.0. The van der Waals surface area contributed by atoms with Crippen LogP contribution < -0.4 is 9.64 Å². The highest BCUT2D eigenvalue weighted by Gasteiger charge is 2.25. The lowest BCUT2D eigenvalue weighted by Gasteiger charge is -2.23. The van der Waals surface area contributed by atoms with Crippen molar-refractivity contribution in [1.82, 2.24) is 24.2 Å². The molecule has 10 nitrogen and oxygen atoms in total. The highest BCUT2D eigenvalue weighted by Crippen LogP contribution is 2.30. The zero-order valence-corrected chi connectivity index (χ0v) is 15.4. The van der Waals surface area contributed by atoms with E-state index < -0.39 is 10.3 Å². The first-order valence-corrected chi connectivity index (χ1v) is 9.79. The van der Waals surface area contributed by atoms with Crippen LogP contribution in [0.4, 0.5) is 5.82 Å². The van der Waals surface area contributed by atoms with Gasteiger partial charge in [0.25, 0.3) is 0 Å². The van der Waals surface area contributed by atoms with E-state index in [2.05, 4.69) is 19.9 Å². The SMILES string of the molecule is COc1ccc2c(ncc3ncnc(N4CCCN(S(=O)(=O)O)CC4)c32)n1. The molecular weight excluding hydrogens is 372 g/mol. The van der Waals surface area contributed by atoms with Crippen LogP contribution in [0.2, 0.25) is 0 Å². The Morgan fingerprint density at radius 2 is 1.96 bits per heavy atom. The van der Waals surface area contributed by atoms with E-state index in [1.807, 2.05) is 11.0 Å². The molecule has 4 rings (SSSR count). The van der Waals surface area contributed by atoms with Crippen LogP contribution in [-0.2, 0) is 10.3 Å². The minimum atomic E-state index is -4.20. The van der Waals surface area contributed by atoms with E-state index in [4.69, 9.17) is 4.74 Å². The highest BCUT2D eigenvalue weighted by molar-refractivity contribution is 7.83. The highest BCUT2D eigenvalue weighted by atomic mass is 32.2. The van der Waals surface area contributed by atoms with E-state index in [0.29, 0.717) is 42.4 Å². The normalized spacial score (nSPS) is 16.6. The van der Waals surface area contributed by atoms with Crippen molar-refractivity contribution in [2.75, 3.05) is 38.2 Å². The standard InChI is InChI=1S/C16H18N6O4S/c1-26-13-4-3-11-14-12(9-17-15(11)20-13)18-10-19-16(14)21-5-2-6-22(8-7-21)27(23,24)25/h3-4,9-10H,2,5-8H2,1H3,(H,23,24,25). The molecule has 3 aromatic heterocycles. The van der Waals surface area contributed by atoms with Crippen molar-refractivity contribution in [3.05, 3.63) is 24.7 Å². The Morgan fingerprint density at radius 3 is 2.74 bits per heavy atom. The number of hydrogen-bond donors (Lipinski definition) is 1. The smallest absolute Gasteiger partial charge is 0.335 e. The molecule has 1 saturated heterocycles. The summed E-state index contributed by atoms with van der Waals surface area (Å²) in [6, 6.07) is 3.62. The van der Waals surface area contributed by atoms with Crippen LogP contribution in [0.3, 0.4) is 0 Å². The van der Waals surface area contributed by atoms with Crippen molar-refractivity contribution in [1.29, 1.82) is 0 Å². The first-order valence-electron chi connectivity index (χ1n) is 8.39. The molecule has 0 saturated carbocycles. The molecule has 1 fully saturated rings. The molecule has 0 bridgehead atoms. The second-order valence-corrected chi connectivity index (χ2v) is 7.57. The minimum Gasteiger partial charge on any atom is -0.481 e. The number of nitrogens with zero attached hydrogens (tertiary/aromatic N) is 6. The van der Waals surface area contributed by atoms with E-state index in [1.165, 1.54) is 6.33 Å². The number of ether oxygens (including phenoxy) is 1. The maximum atomic E-state index is 11.4. The second kappa shape index (κ2) is 6.83. The molecular formula is C16H18N6O4S. The molecule has 1 aliphatic heterocycles. The van der Waals surface area contributed by atoms with Gasteiger partial charge in [0.05, 0.1) is 24.2 Å². The zero-order valence-electron chi connectivity index (χ0n) is 14.6. The number of hydrogen-bond acceptors (Lipinski definition) is 8. The summed E-state index contributed by atoms with van der Waals surface area (Å²) in [6.07, 6.45) is 3.67. The summed E-state index contributed by atoms with van der Waals surface area (Å²) in [5.41, 5.74) is 1.20. The third-order valence-corrected chi connectivity index (χ3v) is 5.59. The Hall–Kier alpha value is -2.63. The Bertz CT molecular complexity index is 1110. The molecule has 27 heavy (non-hydrogen) atoms. The summed E-state index contributed by atoms with van der Waals surface area (Å²) in [4.78, 5) is 19.5. The summed E-state index contributed by atoms with van der Waals surface area (Å²) in [6.45, 7) is 1.45. The van der Waals surface area contributed by atoms with Gasteiger partial charge >= 0.3 is 10.3 Å². The maximum absolute atomic E-state index is 11.4. The summed E-state index contributed by atoms with van der Waals surface area (Å²) in [7, 11) is -2.66. The van der Waals surface area contributed by atoms with Crippen molar-refractivity contribution in [2.45, 2.75) is 6.42 Å². The molecule has 4 heterocycles. The van der Waals surface area contributed by atoms with Gasteiger partial charge in [-0.25, -0.2) is 15.0 Å². The molecule has 1 aliphatic rings. The van der Waals surface area contributed by atoms with Gasteiger partial charge in [-0.2, -0.15) is 17.7 Å². The molecule has 0 atom stereocenters. The lowest BCUT2D eigenvalue weighted by molar-refractivity contribution is 0.364. The van der Waals surface area contributed by atoms with Crippen molar-refractivity contribution in [3.8, 4) is 5.88 Å². The quantitative estimate of drug-likeness (QED) is 0.513. The maximum Gasteiger partial charge on any atom is 0.335 e. The van der Waals surface area contributed by atoms with Gasteiger partial charge in [0.2, 0.25) is 5.88 Å². The number of pyridine rings is 2. The summed E-state index contributed by atoms with van der Waals surface area (Å²) in [5.74, 6) is 1.16. The molecule has 1 N–H and O–H groups in total. The molecule has 0 unspecified atom stereocenters. The van der Waals surface area contributed by atoms with E-state index in [-0.39, 0.29) is 13.1 Å². The Kier molecular flexibility index (Phi) is 4.50. The lowest BCUT2D eigenvalue weighted by atomic mass is 10.1. The monoisotopic (exact) mass is 390 g/mol. The van der Waals surface area contributed by atoms with E-state index in [0.717, 1.165) is 15.1 Å². The van der Waals surface area contributed by atoms with Gasteiger partial charge in [-0.3, -0.25) is 4.55 Å². The number of aromatic nitrogens is 4. The van der Waals surface area contributed by atoms with Gasteiger partial charge < -0.3 is 9.64 Å². The van der Waals surface area contributed by atoms with Crippen molar-refractivity contribution in [2.24, 2.45) is 0 Å². The first-order chi connectivity index (χ1) is 13.0. The fourth-order valence-corrected chi connectivity index (χ4v) is 3.95.